The standard InChI is InChI=1S/C4H5NO3/c6-2-1-4(3-7)5-8/h2-4H,1H2. The Kier molecular flexibility index (Phi) is 3.56. The normalized spacial score (nSPS) is 12.0. The maximum Gasteiger partial charge on any atom is 0.154 e. The Balaban J connectivity index is 3.50. The van der Waals surface area contributed by atoms with E-state index in [4.69, 9.17) is 0 Å². The van der Waals surface area contributed by atoms with Crippen LogP contribution in [0.15, 0.2) is 5.18 Å². The minimum absolute atomic E-state index is 0.104. The van der Waals surface area contributed by atoms with Gasteiger partial charge >= 0.3 is 0 Å². The second-order valence-electron chi connectivity index (χ2n) is 1.21. The molecule has 0 aromatic carbocycles. The molecule has 0 aromatic heterocycles. The largest absolute Gasteiger partial charge is 0.303 e. The number of aldehydes is 2. The van der Waals surface area contributed by atoms with Gasteiger partial charge in [0, 0.05) is 6.42 Å². The zero-order chi connectivity index (χ0) is 6.41. The Morgan fingerprint density at radius 2 is 2.12 bits per heavy atom. The van der Waals surface area contributed by atoms with Crippen LogP contribution < -0.4 is 0 Å². The number of nitroso groups, excluding NO2 is 1. The first-order valence-electron chi connectivity index (χ1n) is 2.06. The number of rotatable bonds is 4. The second kappa shape index (κ2) is 4.11. The van der Waals surface area contributed by atoms with Crippen molar-refractivity contribution in [2.45, 2.75) is 12.5 Å². The first-order valence-corrected chi connectivity index (χ1v) is 2.06. The Labute approximate surface area is 45.9 Å². The highest BCUT2D eigenvalue weighted by molar-refractivity contribution is 5.65. The summed E-state index contributed by atoms with van der Waals surface area (Å²) in [6, 6.07) is -0.979. The highest BCUT2D eigenvalue weighted by Crippen LogP contribution is 1.87. The van der Waals surface area contributed by atoms with E-state index in [-0.39, 0.29) is 6.42 Å². The Hall–Kier alpha value is -1.06. The number of nitrogens with zero attached hydrogens (tertiary/aromatic N) is 1. The van der Waals surface area contributed by atoms with Gasteiger partial charge in [0.2, 0.25) is 0 Å². The fourth-order valence-corrected chi connectivity index (χ4v) is 0.222. The third kappa shape index (κ3) is 2.17. The van der Waals surface area contributed by atoms with Gasteiger partial charge in [-0.1, -0.05) is 5.18 Å². The molecule has 1 atom stereocenters. The van der Waals surface area contributed by atoms with Gasteiger partial charge in [-0.05, 0) is 0 Å². The average molecular weight is 115 g/mol. The summed E-state index contributed by atoms with van der Waals surface area (Å²) in [5.74, 6) is 0. The number of carbonyl (C=O) groups is 2. The second-order valence-corrected chi connectivity index (χ2v) is 1.21. The molecule has 0 amide bonds. The molecule has 0 aliphatic rings. The maximum atomic E-state index is 9.67. The summed E-state index contributed by atoms with van der Waals surface area (Å²) in [7, 11) is 0. The van der Waals surface area contributed by atoms with Crippen LogP contribution >= 0.6 is 0 Å². The van der Waals surface area contributed by atoms with E-state index in [1.807, 2.05) is 0 Å². The minimum Gasteiger partial charge on any atom is -0.303 e. The van der Waals surface area contributed by atoms with Crippen molar-refractivity contribution in [2.24, 2.45) is 5.18 Å². The van der Waals surface area contributed by atoms with Gasteiger partial charge < -0.3 is 9.59 Å². The van der Waals surface area contributed by atoms with Crippen molar-refractivity contribution in [1.82, 2.24) is 0 Å². The third-order valence-corrected chi connectivity index (χ3v) is 0.630. The van der Waals surface area contributed by atoms with Gasteiger partial charge in [0.05, 0.1) is 0 Å². The smallest absolute Gasteiger partial charge is 0.154 e. The van der Waals surface area contributed by atoms with Crippen LogP contribution in [0.1, 0.15) is 6.42 Å². The van der Waals surface area contributed by atoms with Crippen LogP contribution in [0.5, 0.6) is 0 Å². The fourth-order valence-electron chi connectivity index (χ4n) is 0.222. The molecule has 0 saturated carbocycles. The lowest BCUT2D eigenvalue weighted by Crippen LogP contribution is -2.04. The van der Waals surface area contributed by atoms with E-state index >= 15 is 0 Å². The molecular weight excluding hydrogens is 110 g/mol. The average Bonchev–Trinajstić information content (AvgIpc) is 1.83. The highest BCUT2D eigenvalue weighted by atomic mass is 16.3. The van der Waals surface area contributed by atoms with E-state index in [1.54, 1.807) is 0 Å². The summed E-state index contributed by atoms with van der Waals surface area (Å²) in [6.07, 6.45) is 0.731. The zero-order valence-electron chi connectivity index (χ0n) is 4.11. The molecule has 0 N–H and O–H groups in total. The van der Waals surface area contributed by atoms with Gasteiger partial charge in [-0.15, -0.1) is 0 Å². The molecule has 4 nitrogen and oxygen atoms in total. The molecule has 0 radical (unpaired) electrons. The van der Waals surface area contributed by atoms with Crippen molar-refractivity contribution in [3.63, 3.8) is 0 Å². The molecule has 0 saturated heterocycles. The van der Waals surface area contributed by atoms with Crippen LogP contribution in [0, 0.1) is 4.91 Å². The molecule has 0 fully saturated rings. The number of carbonyl (C=O) groups excluding carboxylic acids is 2. The first kappa shape index (κ1) is 6.94. The molecule has 0 aliphatic heterocycles. The molecule has 8 heavy (non-hydrogen) atoms. The van der Waals surface area contributed by atoms with Crippen molar-refractivity contribution in [3.05, 3.63) is 4.91 Å². The van der Waals surface area contributed by atoms with E-state index in [0.717, 1.165) is 0 Å². The van der Waals surface area contributed by atoms with Crippen LogP contribution in [0.3, 0.4) is 0 Å². The van der Waals surface area contributed by atoms with Crippen LogP contribution in [0.25, 0.3) is 0 Å². The maximum absolute atomic E-state index is 9.67. The lowest BCUT2D eigenvalue weighted by Gasteiger charge is -1.86. The van der Waals surface area contributed by atoms with E-state index in [9.17, 15) is 14.5 Å². The molecule has 0 aromatic rings. The number of hydrogen-bond acceptors (Lipinski definition) is 4. The predicted octanol–water partition coefficient (Wildman–Crippen LogP) is -0.0907. The molecular formula is C4H5NO3. The van der Waals surface area contributed by atoms with E-state index in [0.29, 0.717) is 12.6 Å². The van der Waals surface area contributed by atoms with Gasteiger partial charge in [0.15, 0.2) is 6.04 Å². The van der Waals surface area contributed by atoms with Crippen molar-refractivity contribution < 1.29 is 9.59 Å². The molecule has 0 heterocycles. The Bertz CT molecular complexity index is 93.5. The summed E-state index contributed by atoms with van der Waals surface area (Å²) in [5, 5.41) is 2.35. The number of hydrogen-bond donors (Lipinski definition) is 0. The van der Waals surface area contributed by atoms with Crippen LogP contribution in [0.4, 0.5) is 0 Å². The van der Waals surface area contributed by atoms with Crippen molar-refractivity contribution >= 4 is 12.6 Å². The summed E-state index contributed by atoms with van der Waals surface area (Å²) in [5.41, 5.74) is 0. The lowest BCUT2D eigenvalue weighted by molar-refractivity contribution is -0.113. The van der Waals surface area contributed by atoms with Crippen LogP contribution in [0.2, 0.25) is 0 Å². The molecule has 0 rings (SSSR count). The fraction of sp³-hybridized carbons (Fsp3) is 0.500. The van der Waals surface area contributed by atoms with Crippen molar-refractivity contribution in [1.29, 1.82) is 0 Å². The summed E-state index contributed by atoms with van der Waals surface area (Å²) >= 11 is 0. The zero-order valence-corrected chi connectivity index (χ0v) is 4.11. The Morgan fingerprint density at radius 3 is 2.25 bits per heavy atom. The topological polar surface area (TPSA) is 63.6 Å². The van der Waals surface area contributed by atoms with E-state index in [1.165, 1.54) is 0 Å². The predicted molar refractivity (Wildman–Crippen MR) is 26.3 cm³/mol. The third-order valence-electron chi connectivity index (χ3n) is 0.630. The first-order chi connectivity index (χ1) is 3.85. The molecule has 0 aliphatic carbocycles. The highest BCUT2D eigenvalue weighted by Gasteiger charge is 2.02. The van der Waals surface area contributed by atoms with Gasteiger partial charge in [0.1, 0.15) is 12.6 Å². The summed E-state index contributed by atoms with van der Waals surface area (Å²) < 4.78 is 0. The van der Waals surface area contributed by atoms with Crippen molar-refractivity contribution in [2.75, 3.05) is 0 Å². The molecule has 44 valence electrons. The van der Waals surface area contributed by atoms with Gasteiger partial charge in [-0.3, -0.25) is 0 Å². The lowest BCUT2D eigenvalue weighted by atomic mass is 10.3. The minimum atomic E-state index is -0.979. The van der Waals surface area contributed by atoms with Gasteiger partial charge in [0.25, 0.3) is 0 Å². The quantitative estimate of drug-likeness (QED) is 0.380. The van der Waals surface area contributed by atoms with Gasteiger partial charge in [-0.2, -0.15) is 4.91 Å². The van der Waals surface area contributed by atoms with E-state index in [2.05, 4.69) is 5.18 Å². The summed E-state index contributed by atoms with van der Waals surface area (Å²) in [6.45, 7) is 0. The summed E-state index contributed by atoms with van der Waals surface area (Å²) in [4.78, 5) is 28.7. The van der Waals surface area contributed by atoms with E-state index < -0.39 is 6.04 Å². The molecule has 4 heteroatoms. The van der Waals surface area contributed by atoms with Crippen molar-refractivity contribution in [3.8, 4) is 0 Å². The van der Waals surface area contributed by atoms with Crippen LogP contribution in [-0.2, 0) is 9.59 Å². The monoisotopic (exact) mass is 115 g/mol. The molecule has 0 bridgehead atoms. The van der Waals surface area contributed by atoms with Gasteiger partial charge in [-0.25, -0.2) is 0 Å². The molecule has 1 unspecified atom stereocenters. The molecule has 0 spiro atoms. The Morgan fingerprint density at radius 1 is 1.50 bits per heavy atom. The van der Waals surface area contributed by atoms with Crippen LogP contribution in [-0.4, -0.2) is 18.6 Å². The SMILES string of the molecule is O=CCC(C=O)N=O.